The molecule has 6 heteroatoms. The Morgan fingerprint density at radius 2 is 2.08 bits per heavy atom. The van der Waals surface area contributed by atoms with E-state index in [1.54, 1.807) is 0 Å². The highest BCUT2D eigenvalue weighted by Crippen LogP contribution is 2.22. The standard InChI is InChI=1S/C7H7BClFO3/c1-13-6-3-4(8(11)12)2-5(9)7(6)10/h2-3,11-12H,1H3. The minimum Gasteiger partial charge on any atom is -0.494 e. The molecule has 0 heterocycles. The van der Waals surface area contributed by atoms with E-state index < -0.39 is 12.9 Å². The lowest BCUT2D eigenvalue weighted by molar-refractivity contribution is 0.386. The summed E-state index contributed by atoms with van der Waals surface area (Å²) in [7, 11) is -0.422. The average Bonchev–Trinajstić information content (AvgIpc) is 2.09. The first kappa shape index (κ1) is 10.3. The summed E-state index contributed by atoms with van der Waals surface area (Å²) < 4.78 is 17.7. The van der Waals surface area contributed by atoms with Gasteiger partial charge in [-0.2, -0.15) is 0 Å². The van der Waals surface area contributed by atoms with E-state index in [4.69, 9.17) is 21.6 Å². The van der Waals surface area contributed by atoms with Crippen LogP contribution in [0.3, 0.4) is 0 Å². The zero-order valence-corrected chi connectivity index (χ0v) is 7.55. The second kappa shape index (κ2) is 3.96. The van der Waals surface area contributed by atoms with E-state index in [2.05, 4.69) is 4.74 Å². The van der Waals surface area contributed by atoms with Gasteiger partial charge in [0.15, 0.2) is 11.6 Å². The molecule has 1 aromatic rings. The van der Waals surface area contributed by atoms with Gasteiger partial charge in [-0.25, -0.2) is 4.39 Å². The van der Waals surface area contributed by atoms with Crippen LogP contribution < -0.4 is 10.2 Å². The molecule has 0 bridgehead atoms. The van der Waals surface area contributed by atoms with Gasteiger partial charge >= 0.3 is 7.12 Å². The fourth-order valence-corrected chi connectivity index (χ4v) is 1.10. The normalized spacial score (nSPS) is 9.92. The van der Waals surface area contributed by atoms with Gasteiger partial charge in [-0.15, -0.1) is 0 Å². The van der Waals surface area contributed by atoms with E-state index in [1.165, 1.54) is 13.2 Å². The van der Waals surface area contributed by atoms with Crippen LogP contribution >= 0.6 is 11.6 Å². The maximum atomic E-state index is 13.0. The third-order valence-corrected chi connectivity index (χ3v) is 1.81. The lowest BCUT2D eigenvalue weighted by Crippen LogP contribution is -2.30. The van der Waals surface area contributed by atoms with Gasteiger partial charge in [0.1, 0.15) is 0 Å². The van der Waals surface area contributed by atoms with Gasteiger partial charge in [0.2, 0.25) is 0 Å². The summed E-state index contributed by atoms with van der Waals surface area (Å²) in [6, 6.07) is 2.30. The number of benzene rings is 1. The Bertz CT molecular complexity index is 319. The molecule has 0 fully saturated rings. The predicted molar refractivity (Wildman–Crippen MR) is 47.8 cm³/mol. The number of hydrogen-bond donors (Lipinski definition) is 2. The number of halogens is 2. The average molecular weight is 204 g/mol. The second-order valence-corrected chi connectivity index (χ2v) is 2.80. The van der Waals surface area contributed by atoms with E-state index in [9.17, 15) is 4.39 Å². The van der Waals surface area contributed by atoms with Crippen LogP contribution in [0, 0.1) is 5.82 Å². The van der Waals surface area contributed by atoms with Gasteiger partial charge in [-0.3, -0.25) is 0 Å². The summed E-state index contributed by atoms with van der Waals surface area (Å²) in [5, 5.41) is 17.3. The van der Waals surface area contributed by atoms with Gasteiger partial charge in [0, 0.05) is 0 Å². The molecule has 0 amide bonds. The van der Waals surface area contributed by atoms with Gasteiger partial charge in [0.25, 0.3) is 0 Å². The first-order chi connectivity index (χ1) is 6.06. The third-order valence-electron chi connectivity index (χ3n) is 1.54. The summed E-state index contributed by atoms with van der Waals surface area (Å²) >= 11 is 5.46. The summed E-state index contributed by atoms with van der Waals surface area (Å²) in [5.74, 6) is -0.829. The van der Waals surface area contributed by atoms with Crippen molar-refractivity contribution in [1.82, 2.24) is 0 Å². The van der Waals surface area contributed by atoms with Crippen LogP contribution in [0.2, 0.25) is 5.02 Å². The van der Waals surface area contributed by atoms with E-state index in [-0.39, 0.29) is 16.2 Å². The Hall–Kier alpha value is -0.775. The van der Waals surface area contributed by atoms with Gasteiger partial charge < -0.3 is 14.8 Å². The lowest BCUT2D eigenvalue weighted by Gasteiger charge is -2.06. The first-order valence-corrected chi connectivity index (χ1v) is 3.83. The Labute approximate surface area is 79.9 Å². The number of ether oxygens (including phenoxy) is 1. The summed E-state index contributed by atoms with van der Waals surface area (Å²) in [6.07, 6.45) is 0. The molecule has 0 radical (unpaired) electrons. The van der Waals surface area contributed by atoms with Crippen LogP contribution in [0.4, 0.5) is 4.39 Å². The summed E-state index contributed by atoms with van der Waals surface area (Å²) in [6.45, 7) is 0. The second-order valence-electron chi connectivity index (χ2n) is 2.39. The molecule has 3 nitrogen and oxygen atoms in total. The van der Waals surface area contributed by atoms with E-state index >= 15 is 0 Å². The minimum absolute atomic E-state index is 0.0863. The van der Waals surface area contributed by atoms with Crippen molar-refractivity contribution in [2.45, 2.75) is 0 Å². The monoisotopic (exact) mass is 204 g/mol. The fourth-order valence-electron chi connectivity index (χ4n) is 0.881. The SMILES string of the molecule is COc1cc(B(O)O)cc(Cl)c1F. The Kier molecular flexibility index (Phi) is 3.14. The highest BCUT2D eigenvalue weighted by Gasteiger charge is 2.17. The highest BCUT2D eigenvalue weighted by molar-refractivity contribution is 6.59. The molecule has 70 valence electrons. The topological polar surface area (TPSA) is 49.7 Å². The molecule has 2 N–H and O–H groups in total. The molecule has 1 rings (SSSR count). The van der Waals surface area contributed by atoms with Crippen molar-refractivity contribution in [3.8, 4) is 5.75 Å². The predicted octanol–water partition coefficient (Wildman–Crippen LogP) is 0.167. The lowest BCUT2D eigenvalue weighted by atomic mass is 9.80. The molecular formula is C7H7BClFO3. The molecular weight excluding hydrogens is 197 g/mol. The number of rotatable bonds is 2. The molecule has 0 saturated carbocycles. The van der Waals surface area contributed by atoms with Crippen LogP contribution in [0.15, 0.2) is 12.1 Å². The molecule has 0 aromatic heterocycles. The van der Waals surface area contributed by atoms with Crippen molar-refractivity contribution in [2.24, 2.45) is 0 Å². The zero-order chi connectivity index (χ0) is 10.0. The van der Waals surface area contributed by atoms with Crippen LogP contribution in [0.25, 0.3) is 0 Å². The molecule has 0 aliphatic heterocycles. The smallest absolute Gasteiger partial charge is 0.488 e. The maximum absolute atomic E-state index is 13.0. The Balaban J connectivity index is 3.22. The van der Waals surface area contributed by atoms with Crippen LogP contribution in [-0.4, -0.2) is 24.3 Å². The van der Waals surface area contributed by atoms with Crippen LogP contribution in [0.1, 0.15) is 0 Å². The number of methoxy groups -OCH3 is 1. The van der Waals surface area contributed by atoms with Crippen molar-refractivity contribution in [3.63, 3.8) is 0 Å². The minimum atomic E-state index is -1.69. The van der Waals surface area contributed by atoms with Crippen molar-refractivity contribution >= 4 is 24.2 Å². The quantitative estimate of drug-likeness (QED) is 0.675. The third kappa shape index (κ3) is 2.12. The van der Waals surface area contributed by atoms with Gasteiger partial charge in [-0.1, -0.05) is 11.6 Å². The van der Waals surface area contributed by atoms with Crippen molar-refractivity contribution in [1.29, 1.82) is 0 Å². The van der Waals surface area contributed by atoms with E-state index in [1.807, 2.05) is 0 Å². The van der Waals surface area contributed by atoms with Gasteiger partial charge in [-0.05, 0) is 17.6 Å². The fraction of sp³-hybridized carbons (Fsp3) is 0.143. The Morgan fingerprint density at radius 1 is 1.46 bits per heavy atom. The highest BCUT2D eigenvalue weighted by atomic mass is 35.5. The zero-order valence-electron chi connectivity index (χ0n) is 6.79. The van der Waals surface area contributed by atoms with Crippen molar-refractivity contribution in [2.75, 3.05) is 7.11 Å². The van der Waals surface area contributed by atoms with Crippen molar-refractivity contribution < 1.29 is 19.2 Å². The van der Waals surface area contributed by atoms with Crippen LogP contribution in [0.5, 0.6) is 5.75 Å². The molecule has 0 atom stereocenters. The molecule has 0 unspecified atom stereocenters. The van der Waals surface area contributed by atoms with Crippen LogP contribution in [-0.2, 0) is 0 Å². The molecule has 0 aliphatic rings. The number of hydrogen-bond acceptors (Lipinski definition) is 3. The van der Waals surface area contributed by atoms with E-state index in [0.717, 1.165) is 6.07 Å². The summed E-state index contributed by atoms with van der Waals surface area (Å²) in [4.78, 5) is 0. The van der Waals surface area contributed by atoms with Crippen molar-refractivity contribution in [3.05, 3.63) is 23.0 Å². The largest absolute Gasteiger partial charge is 0.494 e. The van der Waals surface area contributed by atoms with Gasteiger partial charge in [0.05, 0.1) is 12.1 Å². The molecule has 13 heavy (non-hydrogen) atoms. The molecule has 1 aromatic carbocycles. The summed E-state index contributed by atoms with van der Waals surface area (Å²) in [5.41, 5.74) is 0.0863. The molecule has 0 saturated heterocycles. The first-order valence-electron chi connectivity index (χ1n) is 3.45. The molecule has 0 aliphatic carbocycles. The maximum Gasteiger partial charge on any atom is 0.488 e. The Morgan fingerprint density at radius 3 is 2.54 bits per heavy atom. The van der Waals surface area contributed by atoms with E-state index in [0.29, 0.717) is 0 Å². The molecule has 0 spiro atoms.